The molecular formula is C22H29NO2. The molecule has 3 heteroatoms. The Bertz CT molecular complexity index is 687. The van der Waals surface area contributed by atoms with Crippen molar-refractivity contribution in [2.75, 3.05) is 0 Å². The van der Waals surface area contributed by atoms with Crippen molar-refractivity contribution in [3.05, 3.63) is 11.6 Å². The highest BCUT2D eigenvalue weighted by Gasteiger charge is 2.61. The van der Waals surface area contributed by atoms with E-state index in [1.165, 1.54) is 5.57 Å². The molecule has 25 heavy (non-hydrogen) atoms. The van der Waals surface area contributed by atoms with E-state index in [0.717, 1.165) is 44.9 Å². The van der Waals surface area contributed by atoms with Gasteiger partial charge in [0.15, 0.2) is 5.78 Å². The number of Topliss-reactive ketones (excluding diaryl/α,β-unsaturated/α-hetero) is 1. The van der Waals surface area contributed by atoms with Crippen LogP contribution in [0.3, 0.4) is 0 Å². The molecule has 0 aliphatic heterocycles. The first kappa shape index (κ1) is 17.0. The lowest BCUT2D eigenvalue weighted by atomic mass is 9.46. The van der Waals surface area contributed by atoms with Crippen molar-refractivity contribution in [3.8, 4) is 6.07 Å². The monoisotopic (exact) mass is 339 g/mol. The Morgan fingerprint density at radius 1 is 1.20 bits per heavy atom. The van der Waals surface area contributed by atoms with Gasteiger partial charge in [-0.1, -0.05) is 12.5 Å². The lowest BCUT2D eigenvalue weighted by molar-refractivity contribution is -0.129. The van der Waals surface area contributed by atoms with Crippen LogP contribution in [-0.2, 0) is 9.59 Å². The number of carbonyl (C=O) groups excluding carboxylic acids is 2. The molecule has 0 radical (unpaired) electrons. The minimum Gasteiger partial charge on any atom is -0.300 e. The molecule has 0 saturated heterocycles. The largest absolute Gasteiger partial charge is 0.300 e. The van der Waals surface area contributed by atoms with Gasteiger partial charge < -0.3 is 0 Å². The Morgan fingerprint density at radius 3 is 2.72 bits per heavy atom. The summed E-state index contributed by atoms with van der Waals surface area (Å²) in [5, 5.41) is 9.52. The summed E-state index contributed by atoms with van der Waals surface area (Å²) in [6.07, 6.45) is 10.6. The zero-order valence-corrected chi connectivity index (χ0v) is 15.5. The highest BCUT2D eigenvalue weighted by atomic mass is 16.1. The molecule has 4 aliphatic carbocycles. The van der Waals surface area contributed by atoms with Crippen LogP contribution in [0.5, 0.6) is 0 Å². The molecule has 0 spiro atoms. The minimum absolute atomic E-state index is 0.0657. The molecule has 0 bridgehead atoms. The number of nitrogens with zero attached hydrogens (tertiary/aromatic N) is 1. The van der Waals surface area contributed by atoms with E-state index in [0.29, 0.717) is 42.2 Å². The maximum Gasteiger partial charge on any atom is 0.155 e. The topological polar surface area (TPSA) is 57.9 Å². The zero-order valence-electron chi connectivity index (χ0n) is 15.5. The van der Waals surface area contributed by atoms with Crippen LogP contribution >= 0.6 is 0 Å². The third-order valence-corrected chi connectivity index (χ3v) is 8.58. The summed E-state index contributed by atoms with van der Waals surface area (Å²) in [5.74, 6) is 2.47. The summed E-state index contributed by atoms with van der Waals surface area (Å²) in [6.45, 7) is 4.12. The Labute approximate surface area is 150 Å². The molecular weight excluding hydrogens is 310 g/mol. The number of hydrogen-bond donors (Lipinski definition) is 0. The van der Waals surface area contributed by atoms with Gasteiger partial charge in [-0.3, -0.25) is 9.59 Å². The van der Waals surface area contributed by atoms with Crippen LogP contribution in [0.15, 0.2) is 11.6 Å². The van der Waals surface area contributed by atoms with E-state index in [9.17, 15) is 14.9 Å². The highest BCUT2D eigenvalue weighted by molar-refractivity contribution is 5.91. The Hall–Kier alpha value is -1.43. The molecule has 134 valence electrons. The molecule has 0 N–H and O–H groups in total. The normalized spacial score (nSPS) is 45.6. The fraction of sp³-hybridized carbons (Fsp3) is 0.773. The molecule has 3 nitrogen and oxygen atoms in total. The van der Waals surface area contributed by atoms with E-state index in [1.807, 2.05) is 6.08 Å². The third-order valence-electron chi connectivity index (χ3n) is 8.58. The van der Waals surface area contributed by atoms with Crippen molar-refractivity contribution in [3.63, 3.8) is 0 Å². The zero-order chi connectivity index (χ0) is 17.8. The van der Waals surface area contributed by atoms with E-state index >= 15 is 0 Å². The Morgan fingerprint density at radius 2 is 2.00 bits per heavy atom. The lowest BCUT2D eigenvalue weighted by Crippen LogP contribution is -2.51. The van der Waals surface area contributed by atoms with Crippen LogP contribution in [-0.4, -0.2) is 11.6 Å². The second-order valence-corrected chi connectivity index (χ2v) is 9.32. The summed E-state index contributed by atoms with van der Waals surface area (Å²) in [7, 11) is 0. The van der Waals surface area contributed by atoms with Crippen molar-refractivity contribution in [1.29, 1.82) is 5.26 Å². The standard InChI is InChI=1S/C22H29NO2/c1-14(24)18-5-6-20-17-4-3-15-13-16(25)7-9-21(15,2)19(17)8-10-22(18,20)11-12-23/h13,17-20H,3-11H2,1-2H3/t17-,18-,19+,20+,21+,22-/m1/s1. The molecule has 4 rings (SSSR count). The molecule has 0 aromatic rings. The summed E-state index contributed by atoms with van der Waals surface area (Å²) >= 11 is 0. The number of carbonyl (C=O) groups is 2. The van der Waals surface area contributed by atoms with Gasteiger partial charge in [-0.05, 0) is 86.5 Å². The fourth-order valence-corrected chi connectivity index (χ4v) is 7.47. The van der Waals surface area contributed by atoms with Crippen LogP contribution in [0.1, 0.15) is 71.6 Å². The number of rotatable bonds is 2. The maximum absolute atomic E-state index is 12.3. The average Bonchev–Trinajstić information content (AvgIpc) is 2.95. The van der Waals surface area contributed by atoms with E-state index in [-0.39, 0.29) is 16.7 Å². The number of allylic oxidation sites excluding steroid dienone is 1. The van der Waals surface area contributed by atoms with Gasteiger partial charge in [-0.15, -0.1) is 0 Å². The third kappa shape index (κ3) is 2.29. The average molecular weight is 339 g/mol. The van der Waals surface area contributed by atoms with Gasteiger partial charge >= 0.3 is 0 Å². The summed E-state index contributed by atoms with van der Waals surface area (Å²) in [4.78, 5) is 24.2. The van der Waals surface area contributed by atoms with Gasteiger partial charge in [0.25, 0.3) is 0 Å². The van der Waals surface area contributed by atoms with E-state index in [4.69, 9.17) is 0 Å². The van der Waals surface area contributed by atoms with Gasteiger partial charge in [0.2, 0.25) is 0 Å². The summed E-state index contributed by atoms with van der Waals surface area (Å²) in [6, 6.07) is 2.44. The lowest BCUT2D eigenvalue weighted by Gasteiger charge is -2.58. The number of fused-ring (bicyclic) bond motifs is 5. The predicted octanol–water partition coefficient (Wildman–Crippen LogP) is 4.62. The molecule has 3 fully saturated rings. The fourth-order valence-electron chi connectivity index (χ4n) is 7.47. The van der Waals surface area contributed by atoms with Gasteiger partial charge in [0, 0.05) is 18.8 Å². The Balaban J connectivity index is 1.70. The molecule has 0 unspecified atom stereocenters. The molecule has 0 heterocycles. The Kier molecular flexibility index (Phi) is 3.94. The van der Waals surface area contributed by atoms with Crippen molar-refractivity contribution < 1.29 is 9.59 Å². The van der Waals surface area contributed by atoms with E-state index in [1.54, 1.807) is 6.92 Å². The highest BCUT2D eigenvalue weighted by Crippen LogP contribution is 2.67. The van der Waals surface area contributed by atoms with Gasteiger partial charge in [0.05, 0.1) is 6.07 Å². The smallest absolute Gasteiger partial charge is 0.155 e. The van der Waals surface area contributed by atoms with Crippen LogP contribution in [0.25, 0.3) is 0 Å². The van der Waals surface area contributed by atoms with Crippen LogP contribution in [0, 0.1) is 45.8 Å². The molecule has 6 atom stereocenters. The SMILES string of the molecule is CC(=O)[C@H]1CC[C@H]2[C@@H]3CCC4=CC(=O)CC[C@]4(C)[C@H]3CC[C@@]12CC#N. The summed E-state index contributed by atoms with van der Waals surface area (Å²) < 4.78 is 0. The second kappa shape index (κ2) is 5.79. The van der Waals surface area contributed by atoms with E-state index in [2.05, 4.69) is 13.0 Å². The molecule has 3 saturated carbocycles. The molecule has 0 amide bonds. The van der Waals surface area contributed by atoms with Crippen LogP contribution < -0.4 is 0 Å². The van der Waals surface area contributed by atoms with Crippen molar-refractivity contribution >= 4 is 11.6 Å². The minimum atomic E-state index is -0.0657. The van der Waals surface area contributed by atoms with Crippen LogP contribution in [0.4, 0.5) is 0 Å². The van der Waals surface area contributed by atoms with Gasteiger partial charge in [0.1, 0.15) is 5.78 Å². The van der Waals surface area contributed by atoms with Gasteiger partial charge in [-0.25, -0.2) is 0 Å². The predicted molar refractivity (Wildman–Crippen MR) is 95.4 cm³/mol. The number of nitriles is 1. The van der Waals surface area contributed by atoms with Crippen molar-refractivity contribution in [2.24, 2.45) is 34.5 Å². The van der Waals surface area contributed by atoms with E-state index < -0.39 is 0 Å². The van der Waals surface area contributed by atoms with Crippen LogP contribution in [0.2, 0.25) is 0 Å². The quantitative estimate of drug-likeness (QED) is 0.737. The molecule has 0 aromatic heterocycles. The number of ketones is 2. The number of hydrogen-bond acceptors (Lipinski definition) is 3. The van der Waals surface area contributed by atoms with Crippen molar-refractivity contribution in [2.45, 2.75) is 71.6 Å². The summed E-state index contributed by atoms with van der Waals surface area (Å²) in [5.41, 5.74) is 1.49. The second-order valence-electron chi connectivity index (χ2n) is 9.32. The van der Waals surface area contributed by atoms with Crippen molar-refractivity contribution in [1.82, 2.24) is 0 Å². The van der Waals surface area contributed by atoms with Gasteiger partial charge in [-0.2, -0.15) is 5.26 Å². The maximum atomic E-state index is 12.3. The first-order valence-electron chi connectivity index (χ1n) is 10.0. The molecule has 0 aromatic carbocycles. The molecule has 4 aliphatic rings. The first-order chi connectivity index (χ1) is 11.9. The first-order valence-corrected chi connectivity index (χ1v) is 10.0.